The lowest BCUT2D eigenvalue weighted by atomic mass is 9.82. The molecule has 2 amide bonds. The first-order chi connectivity index (χ1) is 20.9. The number of carbonyl (C=O) groups excluding carboxylic acids is 2. The third-order valence-electron chi connectivity index (χ3n) is 9.07. The molecule has 2 aliphatic rings. The second-order valence-electron chi connectivity index (χ2n) is 13.2. The molecule has 2 saturated heterocycles. The van der Waals surface area contributed by atoms with Gasteiger partial charge in [-0.3, -0.25) is 14.5 Å². The normalized spacial score (nSPS) is 21.1. The Morgan fingerprint density at radius 1 is 0.955 bits per heavy atom. The van der Waals surface area contributed by atoms with Crippen LogP contribution >= 0.6 is 0 Å². The van der Waals surface area contributed by atoms with E-state index in [4.69, 9.17) is 0 Å². The topological polar surface area (TPSA) is 52.7 Å². The summed E-state index contributed by atoms with van der Waals surface area (Å²) >= 11 is 0. The van der Waals surface area contributed by atoms with Crippen LogP contribution < -0.4 is 5.32 Å². The number of carbonyl (C=O) groups is 2. The molecule has 3 atom stereocenters. The Kier molecular flexibility index (Phi) is 9.49. The zero-order valence-corrected chi connectivity index (χ0v) is 26.0. The van der Waals surface area contributed by atoms with E-state index in [-0.39, 0.29) is 16.9 Å². The highest BCUT2D eigenvalue weighted by molar-refractivity contribution is 5.98. The van der Waals surface area contributed by atoms with Crippen molar-refractivity contribution in [1.82, 2.24) is 9.80 Å². The van der Waals surface area contributed by atoms with Crippen molar-refractivity contribution in [2.75, 3.05) is 18.4 Å². The van der Waals surface area contributed by atoms with Gasteiger partial charge in [-0.2, -0.15) is 0 Å². The van der Waals surface area contributed by atoms with E-state index in [1.54, 1.807) is 24.0 Å². The summed E-state index contributed by atoms with van der Waals surface area (Å²) in [7, 11) is 0. The number of likely N-dealkylation sites (tertiary alicyclic amines) is 2. The van der Waals surface area contributed by atoms with E-state index in [2.05, 4.69) is 26.1 Å². The summed E-state index contributed by atoms with van der Waals surface area (Å²) in [6.45, 7) is 9.46. The number of aryl methyl sites for hydroxylation is 1. The fraction of sp³-hybridized carbons (Fsp3) is 0.444. The van der Waals surface area contributed by atoms with Crippen LogP contribution in [0.25, 0.3) is 0 Å². The first-order valence-corrected chi connectivity index (χ1v) is 15.5. The van der Waals surface area contributed by atoms with Crippen LogP contribution in [0.4, 0.5) is 18.9 Å². The van der Waals surface area contributed by atoms with Gasteiger partial charge < -0.3 is 10.2 Å². The van der Waals surface area contributed by atoms with Crippen molar-refractivity contribution in [3.05, 3.63) is 100 Å². The molecule has 3 aromatic rings. The van der Waals surface area contributed by atoms with E-state index < -0.39 is 36.2 Å². The van der Waals surface area contributed by atoms with Crippen LogP contribution in [-0.2, 0) is 16.8 Å². The van der Waals surface area contributed by atoms with Gasteiger partial charge in [0.15, 0.2) is 0 Å². The van der Waals surface area contributed by atoms with Gasteiger partial charge in [-0.25, -0.2) is 13.2 Å². The molecule has 0 aliphatic carbocycles. The minimum absolute atomic E-state index is 0.0140. The molecule has 3 unspecified atom stereocenters. The van der Waals surface area contributed by atoms with Gasteiger partial charge in [0, 0.05) is 18.8 Å². The Morgan fingerprint density at radius 3 is 2.34 bits per heavy atom. The van der Waals surface area contributed by atoms with Gasteiger partial charge >= 0.3 is 0 Å². The van der Waals surface area contributed by atoms with Crippen molar-refractivity contribution in [3.8, 4) is 0 Å². The van der Waals surface area contributed by atoms with Crippen molar-refractivity contribution in [2.45, 2.75) is 83.8 Å². The maximum atomic E-state index is 15.0. The van der Waals surface area contributed by atoms with Crippen molar-refractivity contribution in [1.29, 1.82) is 0 Å². The smallest absolute Gasteiger partial charge is 0.257 e. The van der Waals surface area contributed by atoms with E-state index in [0.717, 1.165) is 23.1 Å². The van der Waals surface area contributed by atoms with Crippen LogP contribution in [0, 0.1) is 18.7 Å². The summed E-state index contributed by atoms with van der Waals surface area (Å²) in [5.41, 5.74) is 3.87. The first-order valence-electron chi connectivity index (χ1n) is 15.5. The average molecular weight is 606 g/mol. The highest BCUT2D eigenvalue weighted by Gasteiger charge is 2.41. The number of hydrogen-bond donors (Lipinski definition) is 1. The molecule has 0 radical (unpaired) electrons. The Morgan fingerprint density at radius 2 is 1.66 bits per heavy atom. The zero-order valence-electron chi connectivity index (χ0n) is 26.0. The highest BCUT2D eigenvalue weighted by atomic mass is 19.3. The van der Waals surface area contributed by atoms with Crippen LogP contribution in [0.5, 0.6) is 0 Å². The zero-order chi connectivity index (χ0) is 31.6. The summed E-state index contributed by atoms with van der Waals surface area (Å²) < 4.78 is 42.1. The number of rotatable bonds is 7. The van der Waals surface area contributed by atoms with Gasteiger partial charge in [0.2, 0.25) is 5.91 Å². The number of halogens is 3. The summed E-state index contributed by atoms with van der Waals surface area (Å²) in [5, 5.41) is 3.09. The quantitative estimate of drug-likeness (QED) is 0.298. The summed E-state index contributed by atoms with van der Waals surface area (Å²) in [6, 6.07) is 18.5. The standard InChI is InChI=1S/C36H42F3N3O2/c1-23-9-5-13-29(37)31(23)35(44)42-20-7-12-28(34(43)40-27-11-6-10-26(21-27)36(2,3)4)32(42)25-17-15-24(16-18-25)22-41-19-8-14-30(41)33(38)39/h5-6,9-11,13,15-18,21,28,30,32-33H,7-8,12,14,19-20,22H2,1-4H3,(H,40,43). The summed E-state index contributed by atoms with van der Waals surface area (Å²) in [4.78, 5) is 31.4. The van der Waals surface area contributed by atoms with Gasteiger partial charge in [0.1, 0.15) is 5.82 Å². The maximum Gasteiger partial charge on any atom is 0.257 e. The molecule has 234 valence electrons. The number of benzene rings is 3. The van der Waals surface area contributed by atoms with Crippen LogP contribution in [0.1, 0.15) is 85.1 Å². The lowest BCUT2D eigenvalue weighted by molar-refractivity contribution is -0.123. The number of nitrogens with zero attached hydrogens (tertiary/aromatic N) is 2. The monoisotopic (exact) mass is 605 g/mol. The number of alkyl halides is 2. The van der Waals surface area contributed by atoms with E-state index in [9.17, 15) is 18.4 Å². The van der Waals surface area contributed by atoms with Crippen LogP contribution in [-0.4, -0.2) is 47.2 Å². The summed E-state index contributed by atoms with van der Waals surface area (Å²) in [6.07, 6.45) is -0.000493. The summed E-state index contributed by atoms with van der Waals surface area (Å²) in [5.74, 6) is -1.82. The Hall–Kier alpha value is -3.65. The van der Waals surface area contributed by atoms with E-state index in [1.165, 1.54) is 6.07 Å². The molecule has 0 spiro atoms. The van der Waals surface area contributed by atoms with Gasteiger partial charge in [0.05, 0.1) is 23.6 Å². The fourth-order valence-corrected chi connectivity index (χ4v) is 6.64. The third-order valence-corrected chi connectivity index (χ3v) is 9.07. The minimum atomic E-state index is -2.39. The maximum absolute atomic E-state index is 15.0. The van der Waals surface area contributed by atoms with Gasteiger partial charge in [-0.15, -0.1) is 0 Å². The molecular formula is C36H42F3N3O2. The number of amides is 2. The number of anilines is 1. The Balaban J connectivity index is 1.46. The SMILES string of the molecule is Cc1cccc(F)c1C(=O)N1CCCC(C(=O)Nc2cccc(C(C)(C)C)c2)C1c1ccc(CN2CCCC2C(F)F)cc1. The number of piperidine rings is 1. The molecule has 0 bridgehead atoms. The number of hydrogen-bond acceptors (Lipinski definition) is 3. The van der Waals surface area contributed by atoms with Gasteiger partial charge in [-0.1, -0.05) is 69.3 Å². The molecule has 5 nitrogen and oxygen atoms in total. The lowest BCUT2D eigenvalue weighted by Gasteiger charge is -2.41. The molecule has 0 aromatic heterocycles. The Labute approximate surface area is 258 Å². The van der Waals surface area contributed by atoms with Gasteiger partial charge in [0.25, 0.3) is 12.3 Å². The average Bonchev–Trinajstić information content (AvgIpc) is 3.45. The molecule has 1 N–H and O–H groups in total. The molecule has 2 heterocycles. The Bertz CT molecular complexity index is 1460. The number of nitrogens with one attached hydrogen (secondary N) is 1. The van der Waals surface area contributed by atoms with Gasteiger partial charge in [-0.05, 0) is 85.0 Å². The van der Waals surface area contributed by atoms with Crippen LogP contribution in [0.2, 0.25) is 0 Å². The van der Waals surface area contributed by atoms with Crippen molar-refractivity contribution >= 4 is 17.5 Å². The molecule has 5 rings (SSSR count). The molecule has 44 heavy (non-hydrogen) atoms. The molecule has 2 aliphatic heterocycles. The molecule has 2 fully saturated rings. The predicted molar refractivity (Wildman–Crippen MR) is 167 cm³/mol. The third kappa shape index (κ3) is 6.85. The van der Waals surface area contributed by atoms with Crippen LogP contribution in [0.15, 0.2) is 66.7 Å². The van der Waals surface area contributed by atoms with E-state index in [1.807, 2.05) is 53.4 Å². The van der Waals surface area contributed by atoms with Crippen molar-refractivity contribution in [2.24, 2.45) is 5.92 Å². The lowest BCUT2D eigenvalue weighted by Crippen LogP contribution is -2.46. The molecule has 3 aromatic carbocycles. The second kappa shape index (κ2) is 13.1. The van der Waals surface area contributed by atoms with Crippen molar-refractivity contribution < 1.29 is 22.8 Å². The fourth-order valence-electron chi connectivity index (χ4n) is 6.64. The first kappa shape index (κ1) is 31.8. The molecule has 8 heteroatoms. The largest absolute Gasteiger partial charge is 0.331 e. The molecular weight excluding hydrogens is 563 g/mol. The second-order valence-corrected chi connectivity index (χ2v) is 13.2. The molecule has 0 saturated carbocycles. The van der Waals surface area contributed by atoms with E-state index in [0.29, 0.717) is 50.1 Å². The predicted octanol–water partition coefficient (Wildman–Crippen LogP) is 7.89. The highest BCUT2D eigenvalue weighted by Crippen LogP contribution is 2.39. The van der Waals surface area contributed by atoms with Crippen LogP contribution in [0.3, 0.4) is 0 Å². The minimum Gasteiger partial charge on any atom is -0.331 e. The van der Waals surface area contributed by atoms with Crippen molar-refractivity contribution in [3.63, 3.8) is 0 Å². The van der Waals surface area contributed by atoms with E-state index >= 15 is 4.39 Å².